The van der Waals surface area contributed by atoms with Gasteiger partial charge in [0.15, 0.2) is 0 Å². The van der Waals surface area contributed by atoms with E-state index in [0.29, 0.717) is 11.3 Å². The van der Waals surface area contributed by atoms with Crippen molar-refractivity contribution in [1.82, 2.24) is 25.5 Å². The van der Waals surface area contributed by atoms with E-state index in [1.165, 1.54) is 11.0 Å². The standard InChI is InChI=1S/C16H15N5O/c1-12(13-7-3-2-4-8-13)18-16(22)14-9-5-6-10-15(14)21-11-17-19-20-21/h2-12H,1H3,(H,18,22)/t12-/m1/s1. The molecule has 22 heavy (non-hydrogen) atoms. The number of aromatic nitrogens is 4. The van der Waals surface area contributed by atoms with E-state index in [0.717, 1.165) is 5.56 Å². The number of tetrazole rings is 1. The van der Waals surface area contributed by atoms with Crippen molar-refractivity contribution < 1.29 is 4.79 Å². The van der Waals surface area contributed by atoms with Gasteiger partial charge in [0.1, 0.15) is 6.33 Å². The molecule has 0 saturated heterocycles. The molecule has 3 aromatic rings. The second-order valence-corrected chi connectivity index (χ2v) is 4.88. The molecule has 0 aliphatic rings. The minimum atomic E-state index is -0.164. The van der Waals surface area contributed by atoms with Gasteiger partial charge in [0.05, 0.1) is 17.3 Å². The lowest BCUT2D eigenvalue weighted by Crippen LogP contribution is -2.27. The smallest absolute Gasteiger partial charge is 0.253 e. The van der Waals surface area contributed by atoms with Gasteiger partial charge in [0.2, 0.25) is 0 Å². The highest BCUT2D eigenvalue weighted by Gasteiger charge is 2.15. The van der Waals surface area contributed by atoms with E-state index < -0.39 is 0 Å². The van der Waals surface area contributed by atoms with Gasteiger partial charge in [-0.2, -0.15) is 4.68 Å². The molecule has 0 fully saturated rings. The second kappa shape index (κ2) is 6.17. The highest BCUT2D eigenvalue weighted by atomic mass is 16.1. The Bertz CT molecular complexity index is 755. The maximum atomic E-state index is 12.6. The summed E-state index contributed by atoms with van der Waals surface area (Å²) in [5.41, 5.74) is 2.22. The van der Waals surface area contributed by atoms with Crippen LogP contribution >= 0.6 is 0 Å². The monoisotopic (exact) mass is 293 g/mol. The van der Waals surface area contributed by atoms with E-state index in [4.69, 9.17) is 0 Å². The quantitative estimate of drug-likeness (QED) is 0.800. The van der Waals surface area contributed by atoms with Crippen molar-refractivity contribution in [3.05, 3.63) is 72.1 Å². The van der Waals surface area contributed by atoms with Gasteiger partial charge in [-0.1, -0.05) is 42.5 Å². The third-order valence-electron chi connectivity index (χ3n) is 3.39. The van der Waals surface area contributed by atoms with Crippen molar-refractivity contribution in [2.24, 2.45) is 0 Å². The summed E-state index contributed by atoms with van der Waals surface area (Å²) >= 11 is 0. The predicted molar refractivity (Wildman–Crippen MR) is 81.5 cm³/mol. The van der Waals surface area contributed by atoms with Gasteiger partial charge >= 0.3 is 0 Å². The summed E-state index contributed by atoms with van der Waals surface area (Å²) in [6, 6.07) is 16.9. The largest absolute Gasteiger partial charge is 0.345 e. The molecule has 0 aliphatic carbocycles. The van der Waals surface area contributed by atoms with Gasteiger partial charge in [0.25, 0.3) is 5.91 Å². The number of nitrogens with zero attached hydrogens (tertiary/aromatic N) is 4. The molecule has 0 saturated carbocycles. The fraction of sp³-hybridized carbons (Fsp3) is 0.125. The summed E-state index contributed by atoms with van der Waals surface area (Å²) in [6.07, 6.45) is 1.47. The molecular weight excluding hydrogens is 278 g/mol. The van der Waals surface area contributed by atoms with Crippen molar-refractivity contribution in [2.45, 2.75) is 13.0 Å². The lowest BCUT2D eigenvalue weighted by Gasteiger charge is -2.15. The van der Waals surface area contributed by atoms with Crippen LogP contribution in [0.4, 0.5) is 0 Å². The molecule has 0 aliphatic heterocycles. The molecule has 110 valence electrons. The van der Waals surface area contributed by atoms with Crippen LogP contribution in [0.5, 0.6) is 0 Å². The Balaban J connectivity index is 1.84. The third-order valence-corrected chi connectivity index (χ3v) is 3.39. The fourth-order valence-electron chi connectivity index (χ4n) is 2.24. The first-order valence-corrected chi connectivity index (χ1v) is 6.94. The van der Waals surface area contributed by atoms with Crippen molar-refractivity contribution in [1.29, 1.82) is 0 Å². The van der Waals surface area contributed by atoms with Crippen LogP contribution in [0.25, 0.3) is 5.69 Å². The van der Waals surface area contributed by atoms with Crippen molar-refractivity contribution in [3.8, 4) is 5.69 Å². The summed E-state index contributed by atoms with van der Waals surface area (Å²) in [4.78, 5) is 12.6. The molecule has 0 bridgehead atoms. The summed E-state index contributed by atoms with van der Waals surface area (Å²) < 4.78 is 1.47. The van der Waals surface area contributed by atoms with E-state index in [1.807, 2.05) is 49.4 Å². The van der Waals surface area contributed by atoms with Crippen molar-refractivity contribution in [2.75, 3.05) is 0 Å². The number of rotatable bonds is 4. The number of hydrogen-bond acceptors (Lipinski definition) is 4. The number of benzene rings is 2. The first kappa shape index (κ1) is 13.9. The van der Waals surface area contributed by atoms with Gasteiger partial charge in [-0.15, -0.1) is 5.10 Å². The maximum Gasteiger partial charge on any atom is 0.253 e. The Morgan fingerprint density at radius 1 is 1.09 bits per heavy atom. The Morgan fingerprint density at radius 2 is 1.82 bits per heavy atom. The zero-order chi connectivity index (χ0) is 15.4. The summed E-state index contributed by atoms with van der Waals surface area (Å²) in [5, 5.41) is 14.1. The third kappa shape index (κ3) is 2.85. The Hall–Kier alpha value is -3.02. The first-order chi connectivity index (χ1) is 10.8. The van der Waals surface area contributed by atoms with Crippen LogP contribution in [0, 0.1) is 0 Å². The van der Waals surface area contributed by atoms with Crippen LogP contribution < -0.4 is 5.32 Å². The van der Waals surface area contributed by atoms with Gasteiger partial charge in [-0.25, -0.2) is 0 Å². The molecule has 1 heterocycles. The van der Waals surface area contributed by atoms with Crippen LogP contribution in [0.2, 0.25) is 0 Å². The number of hydrogen-bond donors (Lipinski definition) is 1. The van der Waals surface area contributed by atoms with Crippen LogP contribution in [-0.4, -0.2) is 26.1 Å². The number of para-hydroxylation sites is 1. The SMILES string of the molecule is C[C@@H](NC(=O)c1ccccc1-n1cnnn1)c1ccccc1. The highest BCUT2D eigenvalue weighted by Crippen LogP contribution is 2.16. The average molecular weight is 293 g/mol. The number of carbonyl (C=O) groups excluding carboxylic acids is 1. The first-order valence-electron chi connectivity index (χ1n) is 6.94. The van der Waals surface area contributed by atoms with Gasteiger partial charge in [-0.05, 0) is 35.0 Å². The molecule has 6 nitrogen and oxygen atoms in total. The lowest BCUT2D eigenvalue weighted by molar-refractivity contribution is 0.0939. The van der Waals surface area contributed by atoms with Crippen molar-refractivity contribution in [3.63, 3.8) is 0 Å². The molecule has 1 N–H and O–H groups in total. The zero-order valence-corrected chi connectivity index (χ0v) is 12.0. The predicted octanol–water partition coefficient (Wildman–Crippen LogP) is 2.15. The van der Waals surface area contributed by atoms with Gasteiger partial charge < -0.3 is 5.32 Å². The Labute approximate surface area is 127 Å². The molecule has 2 aromatic carbocycles. The number of amides is 1. The molecule has 0 spiro atoms. The van der Waals surface area contributed by atoms with E-state index in [2.05, 4.69) is 20.8 Å². The molecular formula is C16H15N5O. The Morgan fingerprint density at radius 3 is 2.55 bits per heavy atom. The molecule has 1 amide bonds. The van der Waals surface area contributed by atoms with E-state index in [9.17, 15) is 4.79 Å². The lowest BCUT2D eigenvalue weighted by atomic mass is 10.1. The molecule has 6 heteroatoms. The number of nitrogens with one attached hydrogen (secondary N) is 1. The van der Waals surface area contributed by atoms with Crippen LogP contribution in [0.15, 0.2) is 60.9 Å². The molecule has 3 rings (SSSR count). The van der Waals surface area contributed by atoms with E-state index >= 15 is 0 Å². The zero-order valence-electron chi connectivity index (χ0n) is 12.0. The van der Waals surface area contributed by atoms with Crippen molar-refractivity contribution >= 4 is 5.91 Å². The molecule has 1 aromatic heterocycles. The molecule has 1 atom stereocenters. The van der Waals surface area contributed by atoms with Gasteiger partial charge in [0, 0.05) is 0 Å². The Kier molecular flexibility index (Phi) is 3.91. The normalized spacial score (nSPS) is 11.9. The summed E-state index contributed by atoms with van der Waals surface area (Å²) in [5.74, 6) is -0.164. The summed E-state index contributed by atoms with van der Waals surface area (Å²) in [7, 11) is 0. The van der Waals surface area contributed by atoms with Crippen LogP contribution in [0.1, 0.15) is 28.9 Å². The minimum absolute atomic E-state index is 0.0874. The van der Waals surface area contributed by atoms with E-state index in [1.54, 1.807) is 12.1 Å². The molecule has 0 unspecified atom stereocenters. The minimum Gasteiger partial charge on any atom is -0.345 e. The maximum absolute atomic E-state index is 12.6. The van der Waals surface area contributed by atoms with E-state index in [-0.39, 0.29) is 11.9 Å². The highest BCUT2D eigenvalue weighted by molar-refractivity contribution is 5.97. The van der Waals surface area contributed by atoms with Gasteiger partial charge in [-0.3, -0.25) is 4.79 Å². The topological polar surface area (TPSA) is 72.7 Å². The van der Waals surface area contributed by atoms with Crippen LogP contribution in [-0.2, 0) is 0 Å². The average Bonchev–Trinajstić information content (AvgIpc) is 3.10. The second-order valence-electron chi connectivity index (χ2n) is 4.88. The summed E-state index contributed by atoms with van der Waals surface area (Å²) in [6.45, 7) is 1.95. The van der Waals surface area contributed by atoms with Crippen LogP contribution in [0.3, 0.4) is 0 Å². The molecule has 0 radical (unpaired) electrons. The number of carbonyl (C=O) groups is 1. The fourth-order valence-corrected chi connectivity index (χ4v) is 2.24.